The molecule has 1 heterocycles. The van der Waals surface area contributed by atoms with E-state index in [1.807, 2.05) is 0 Å². The summed E-state index contributed by atoms with van der Waals surface area (Å²) in [6.45, 7) is 2.92. The van der Waals surface area contributed by atoms with Crippen molar-refractivity contribution in [1.82, 2.24) is 4.90 Å². The molecular formula is C23H24BrClN2O. The maximum atomic E-state index is 10.1. The molecular weight excluding hydrogens is 436 g/mol. The fraction of sp³-hybridized carbons (Fsp3) is 0.304. The fourth-order valence-corrected chi connectivity index (χ4v) is 4.61. The third kappa shape index (κ3) is 4.29. The topological polar surface area (TPSA) is 35.5 Å². The van der Waals surface area contributed by atoms with Gasteiger partial charge in [0.1, 0.15) is 5.75 Å². The summed E-state index contributed by atoms with van der Waals surface area (Å²) in [5, 5.41) is 14.1. The number of hydrogen-bond acceptors (Lipinski definition) is 3. The van der Waals surface area contributed by atoms with Gasteiger partial charge in [0.2, 0.25) is 0 Å². The average molecular weight is 460 g/mol. The van der Waals surface area contributed by atoms with Crippen molar-refractivity contribution in [2.45, 2.75) is 12.5 Å². The molecule has 1 aliphatic carbocycles. The molecule has 0 spiro atoms. The molecule has 28 heavy (non-hydrogen) atoms. The van der Waals surface area contributed by atoms with Gasteiger partial charge in [0.05, 0.1) is 10.7 Å². The Morgan fingerprint density at radius 3 is 2.68 bits per heavy atom. The number of allylic oxidation sites excluding steroid dienone is 3. The molecule has 2 aromatic carbocycles. The van der Waals surface area contributed by atoms with Crippen LogP contribution in [0.2, 0.25) is 5.02 Å². The van der Waals surface area contributed by atoms with Crippen molar-refractivity contribution in [3.05, 3.63) is 81.8 Å². The molecule has 5 heteroatoms. The van der Waals surface area contributed by atoms with Crippen LogP contribution in [0.3, 0.4) is 0 Å². The van der Waals surface area contributed by atoms with Crippen LogP contribution >= 0.6 is 27.5 Å². The lowest BCUT2D eigenvalue weighted by Gasteiger charge is -2.47. The van der Waals surface area contributed by atoms with E-state index in [-0.39, 0.29) is 5.75 Å². The van der Waals surface area contributed by atoms with Gasteiger partial charge < -0.3 is 10.4 Å². The zero-order valence-electron chi connectivity index (χ0n) is 15.6. The molecule has 3 nitrogen and oxygen atoms in total. The lowest BCUT2D eigenvalue weighted by Crippen LogP contribution is -2.52. The number of anilines is 1. The first-order valence-electron chi connectivity index (χ1n) is 9.66. The van der Waals surface area contributed by atoms with Gasteiger partial charge in [-0.3, -0.25) is 4.90 Å². The number of phenolic OH excluding ortho intramolecular Hbond substituents is 1. The van der Waals surface area contributed by atoms with Crippen molar-refractivity contribution in [2.24, 2.45) is 11.8 Å². The van der Waals surface area contributed by atoms with E-state index >= 15 is 0 Å². The molecule has 2 aromatic rings. The van der Waals surface area contributed by atoms with Gasteiger partial charge in [0.25, 0.3) is 0 Å². The Bertz CT molecular complexity index is 878. The smallest absolute Gasteiger partial charge is 0.139 e. The molecule has 1 aliphatic heterocycles. The predicted octanol–water partition coefficient (Wildman–Crippen LogP) is 6.03. The van der Waals surface area contributed by atoms with Gasteiger partial charge in [-0.25, -0.2) is 0 Å². The average Bonchev–Trinajstić information content (AvgIpc) is 2.68. The Morgan fingerprint density at radius 2 is 1.96 bits per heavy atom. The van der Waals surface area contributed by atoms with E-state index in [0.29, 0.717) is 33.1 Å². The molecule has 0 saturated carbocycles. The second-order valence-corrected chi connectivity index (χ2v) is 8.81. The quantitative estimate of drug-likeness (QED) is 0.518. The number of benzene rings is 2. The highest BCUT2D eigenvalue weighted by Crippen LogP contribution is 2.38. The highest BCUT2D eigenvalue weighted by atomic mass is 79.9. The molecule has 0 amide bonds. The van der Waals surface area contributed by atoms with Crippen LogP contribution in [0.1, 0.15) is 18.0 Å². The Kier molecular flexibility index (Phi) is 6.10. The normalized spacial score (nSPS) is 20.7. The first-order chi connectivity index (χ1) is 13.6. The van der Waals surface area contributed by atoms with Crippen LogP contribution in [0.5, 0.6) is 5.75 Å². The first-order valence-corrected chi connectivity index (χ1v) is 10.8. The van der Waals surface area contributed by atoms with E-state index in [4.69, 9.17) is 11.6 Å². The largest absolute Gasteiger partial charge is 0.506 e. The van der Waals surface area contributed by atoms with Gasteiger partial charge in [0.15, 0.2) is 0 Å². The monoisotopic (exact) mass is 458 g/mol. The SMILES string of the molecule is Oc1cc(Br)c(Cl)cc1NCC1CN(C(c2ccccc2)C2C=CC=CC2)C1. The van der Waals surface area contributed by atoms with E-state index < -0.39 is 0 Å². The number of nitrogens with zero attached hydrogens (tertiary/aromatic N) is 1. The number of nitrogens with one attached hydrogen (secondary N) is 1. The molecule has 0 radical (unpaired) electrons. The van der Waals surface area contributed by atoms with Gasteiger partial charge in [-0.05, 0) is 40.0 Å². The van der Waals surface area contributed by atoms with E-state index in [1.165, 1.54) is 5.56 Å². The Labute approximate surface area is 179 Å². The molecule has 146 valence electrons. The standard InChI is InChI=1S/C23H24BrClN2O/c24-19-11-22(28)21(12-20(19)25)26-13-16-14-27(15-16)23(17-7-3-1-4-8-17)18-9-5-2-6-10-18/h1-9,11-12,16,18,23,26,28H,10,13-15H2. The molecule has 1 fully saturated rings. The molecule has 2 unspecified atom stereocenters. The number of halogens is 2. The van der Waals surface area contributed by atoms with Gasteiger partial charge in [0, 0.05) is 42.0 Å². The Hall–Kier alpha value is -1.75. The summed E-state index contributed by atoms with van der Waals surface area (Å²) in [5.74, 6) is 1.28. The molecule has 2 aliphatic rings. The van der Waals surface area contributed by atoms with Crippen molar-refractivity contribution >= 4 is 33.2 Å². The van der Waals surface area contributed by atoms with Crippen LogP contribution in [0.15, 0.2) is 71.2 Å². The zero-order valence-corrected chi connectivity index (χ0v) is 17.9. The van der Waals surface area contributed by atoms with Gasteiger partial charge in [-0.15, -0.1) is 0 Å². The van der Waals surface area contributed by atoms with Crippen molar-refractivity contribution in [2.75, 3.05) is 25.0 Å². The summed E-state index contributed by atoms with van der Waals surface area (Å²) in [6.07, 6.45) is 9.99. The second kappa shape index (κ2) is 8.73. The molecule has 0 bridgehead atoms. The van der Waals surface area contributed by atoms with Crippen molar-refractivity contribution in [3.63, 3.8) is 0 Å². The summed E-state index contributed by atoms with van der Waals surface area (Å²) in [7, 11) is 0. The number of aromatic hydroxyl groups is 1. The molecule has 0 aromatic heterocycles. The van der Waals surface area contributed by atoms with Crippen LogP contribution < -0.4 is 5.32 Å². The van der Waals surface area contributed by atoms with Gasteiger partial charge in [-0.1, -0.05) is 66.2 Å². The predicted molar refractivity (Wildman–Crippen MR) is 120 cm³/mol. The minimum atomic E-state index is 0.216. The first kappa shape index (κ1) is 19.6. The summed E-state index contributed by atoms with van der Waals surface area (Å²) in [4.78, 5) is 2.57. The minimum Gasteiger partial charge on any atom is -0.506 e. The van der Waals surface area contributed by atoms with Crippen LogP contribution in [-0.2, 0) is 0 Å². The van der Waals surface area contributed by atoms with Crippen LogP contribution in [0.25, 0.3) is 0 Å². The Morgan fingerprint density at radius 1 is 1.18 bits per heavy atom. The molecule has 4 rings (SSSR count). The van der Waals surface area contributed by atoms with Crippen LogP contribution in [0.4, 0.5) is 5.69 Å². The lowest BCUT2D eigenvalue weighted by atomic mass is 9.83. The van der Waals surface area contributed by atoms with Crippen LogP contribution in [0, 0.1) is 11.8 Å². The van der Waals surface area contributed by atoms with Crippen molar-refractivity contribution in [3.8, 4) is 5.75 Å². The third-order valence-electron chi connectivity index (χ3n) is 5.56. The van der Waals surface area contributed by atoms with E-state index in [9.17, 15) is 5.11 Å². The maximum absolute atomic E-state index is 10.1. The Balaban J connectivity index is 1.39. The van der Waals surface area contributed by atoms with Gasteiger partial charge >= 0.3 is 0 Å². The minimum absolute atomic E-state index is 0.216. The summed E-state index contributed by atoms with van der Waals surface area (Å²) in [6, 6.07) is 14.6. The van der Waals surface area contributed by atoms with Crippen molar-refractivity contribution in [1.29, 1.82) is 0 Å². The highest BCUT2D eigenvalue weighted by Gasteiger charge is 2.36. The maximum Gasteiger partial charge on any atom is 0.139 e. The summed E-state index contributed by atoms with van der Waals surface area (Å²) >= 11 is 9.48. The van der Waals surface area contributed by atoms with Crippen LogP contribution in [-0.4, -0.2) is 29.6 Å². The van der Waals surface area contributed by atoms with Gasteiger partial charge in [-0.2, -0.15) is 0 Å². The second-order valence-electron chi connectivity index (χ2n) is 7.55. The lowest BCUT2D eigenvalue weighted by molar-refractivity contribution is 0.0389. The zero-order chi connectivity index (χ0) is 19.5. The van der Waals surface area contributed by atoms with Crippen molar-refractivity contribution < 1.29 is 5.11 Å². The highest BCUT2D eigenvalue weighted by molar-refractivity contribution is 9.10. The summed E-state index contributed by atoms with van der Waals surface area (Å²) in [5.41, 5.74) is 2.07. The molecule has 2 atom stereocenters. The number of phenols is 1. The summed E-state index contributed by atoms with van der Waals surface area (Å²) < 4.78 is 0.701. The third-order valence-corrected chi connectivity index (χ3v) is 6.76. The van der Waals surface area contributed by atoms with E-state index in [0.717, 1.165) is 26.1 Å². The van der Waals surface area contributed by atoms with E-state index in [2.05, 4.69) is 80.8 Å². The molecule has 1 saturated heterocycles. The van der Waals surface area contributed by atoms with E-state index in [1.54, 1.807) is 12.1 Å². The number of rotatable bonds is 6. The number of hydrogen-bond donors (Lipinski definition) is 2. The molecule has 2 N–H and O–H groups in total. The fourth-order valence-electron chi connectivity index (χ4n) is 4.11. The number of likely N-dealkylation sites (tertiary alicyclic amines) is 1.